The van der Waals surface area contributed by atoms with Crippen molar-refractivity contribution in [3.63, 3.8) is 0 Å². The summed E-state index contributed by atoms with van der Waals surface area (Å²) in [6, 6.07) is 0. The molecule has 0 aliphatic heterocycles. The third kappa shape index (κ3) is 1.39. The highest BCUT2D eigenvalue weighted by molar-refractivity contribution is 14.1. The van der Waals surface area contributed by atoms with Gasteiger partial charge < -0.3 is 4.98 Å². The fraction of sp³-hybridized carbons (Fsp3) is 0.500. The second-order valence-electron chi connectivity index (χ2n) is 3.12. The molecule has 12 heavy (non-hydrogen) atoms. The minimum absolute atomic E-state index is 0.00463. The summed E-state index contributed by atoms with van der Waals surface area (Å²) in [5.41, 5.74) is 1.00. The zero-order valence-corrected chi connectivity index (χ0v) is 8.88. The molecule has 0 atom stereocenters. The number of aromatic nitrogens is 2. The molecule has 1 heterocycles. The van der Waals surface area contributed by atoms with Crippen LogP contribution in [0.15, 0.2) is 4.79 Å². The van der Waals surface area contributed by atoms with Crippen LogP contribution >= 0.6 is 22.6 Å². The van der Waals surface area contributed by atoms with Crippen LogP contribution in [0, 0.1) is 10.5 Å². The number of hydrogen-bond acceptors (Lipinski definition) is 2. The third-order valence-electron chi connectivity index (χ3n) is 1.97. The molecule has 0 bridgehead atoms. The molecule has 0 spiro atoms. The van der Waals surface area contributed by atoms with Crippen LogP contribution in [-0.2, 0) is 0 Å². The van der Waals surface area contributed by atoms with E-state index in [1.807, 2.05) is 6.92 Å². The Morgan fingerprint density at radius 2 is 2.25 bits per heavy atom. The Kier molecular flexibility index (Phi) is 1.94. The van der Waals surface area contributed by atoms with Crippen molar-refractivity contribution in [1.82, 2.24) is 9.97 Å². The van der Waals surface area contributed by atoms with Gasteiger partial charge in [-0.1, -0.05) is 0 Å². The Morgan fingerprint density at radius 3 is 2.83 bits per heavy atom. The van der Waals surface area contributed by atoms with E-state index >= 15 is 0 Å². The Balaban J connectivity index is 2.58. The van der Waals surface area contributed by atoms with E-state index in [0.717, 1.165) is 15.1 Å². The topological polar surface area (TPSA) is 45.8 Å². The molecule has 2 rings (SSSR count). The molecule has 0 saturated heterocycles. The van der Waals surface area contributed by atoms with Crippen molar-refractivity contribution >= 4 is 22.6 Å². The van der Waals surface area contributed by atoms with E-state index in [4.69, 9.17) is 0 Å². The Labute approximate surface area is 83.7 Å². The van der Waals surface area contributed by atoms with Crippen molar-refractivity contribution in [1.29, 1.82) is 0 Å². The highest BCUT2D eigenvalue weighted by atomic mass is 127. The summed E-state index contributed by atoms with van der Waals surface area (Å²) in [6.07, 6.45) is 2.37. The van der Waals surface area contributed by atoms with Crippen molar-refractivity contribution < 1.29 is 0 Å². The molecule has 1 saturated carbocycles. The number of aromatic amines is 1. The van der Waals surface area contributed by atoms with Crippen molar-refractivity contribution in [3.8, 4) is 0 Å². The van der Waals surface area contributed by atoms with Crippen molar-refractivity contribution in [2.75, 3.05) is 0 Å². The third-order valence-corrected chi connectivity index (χ3v) is 3.01. The first-order valence-electron chi connectivity index (χ1n) is 3.95. The molecule has 1 aromatic heterocycles. The minimum Gasteiger partial charge on any atom is -0.310 e. The van der Waals surface area contributed by atoms with Gasteiger partial charge in [0.15, 0.2) is 0 Å². The lowest BCUT2D eigenvalue weighted by Crippen LogP contribution is -2.15. The smallest absolute Gasteiger partial charge is 0.264 e. The SMILES string of the molecule is Cc1nc(C2CC2)c(I)c(=O)[nH]1. The highest BCUT2D eigenvalue weighted by Gasteiger charge is 2.28. The predicted molar refractivity (Wildman–Crippen MR) is 54.3 cm³/mol. The van der Waals surface area contributed by atoms with Gasteiger partial charge in [-0.15, -0.1) is 0 Å². The van der Waals surface area contributed by atoms with Crippen LogP contribution < -0.4 is 5.56 Å². The molecular formula is C8H9IN2O. The average Bonchev–Trinajstić information content (AvgIpc) is 2.79. The van der Waals surface area contributed by atoms with E-state index in [2.05, 4.69) is 32.6 Å². The van der Waals surface area contributed by atoms with Crippen LogP contribution in [0.1, 0.15) is 30.3 Å². The Bertz CT molecular complexity index is 368. The first-order chi connectivity index (χ1) is 5.68. The molecule has 1 N–H and O–H groups in total. The molecule has 1 aliphatic carbocycles. The van der Waals surface area contributed by atoms with Crippen LogP contribution in [0.3, 0.4) is 0 Å². The monoisotopic (exact) mass is 276 g/mol. The van der Waals surface area contributed by atoms with Crippen LogP contribution in [0.4, 0.5) is 0 Å². The quantitative estimate of drug-likeness (QED) is 0.791. The molecule has 1 aliphatic rings. The zero-order valence-electron chi connectivity index (χ0n) is 6.72. The zero-order chi connectivity index (χ0) is 8.72. The lowest BCUT2D eigenvalue weighted by Gasteiger charge is -2.00. The molecule has 0 amide bonds. The van der Waals surface area contributed by atoms with Gasteiger partial charge in [0.1, 0.15) is 5.82 Å². The predicted octanol–water partition coefficient (Wildman–Crippen LogP) is 1.56. The molecule has 0 aromatic carbocycles. The lowest BCUT2D eigenvalue weighted by molar-refractivity contribution is 0.905. The van der Waals surface area contributed by atoms with Gasteiger partial charge >= 0.3 is 0 Å². The van der Waals surface area contributed by atoms with Crippen LogP contribution in [0.2, 0.25) is 0 Å². The molecular weight excluding hydrogens is 267 g/mol. The van der Waals surface area contributed by atoms with Gasteiger partial charge in [-0.25, -0.2) is 4.98 Å². The number of H-pyrrole nitrogens is 1. The number of nitrogens with one attached hydrogen (secondary N) is 1. The Morgan fingerprint density at radius 1 is 1.58 bits per heavy atom. The number of halogens is 1. The molecule has 1 aromatic rings. The van der Waals surface area contributed by atoms with Gasteiger partial charge in [0, 0.05) is 5.92 Å². The second-order valence-corrected chi connectivity index (χ2v) is 4.20. The maximum atomic E-state index is 11.3. The van der Waals surface area contributed by atoms with Crippen LogP contribution in [-0.4, -0.2) is 9.97 Å². The maximum Gasteiger partial charge on any atom is 0.264 e. The fourth-order valence-corrected chi connectivity index (χ4v) is 1.92. The van der Waals surface area contributed by atoms with Crippen molar-refractivity contribution in [2.24, 2.45) is 0 Å². The van der Waals surface area contributed by atoms with Crippen molar-refractivity contribution in [2.45, 2.75) is 25.7 Å². The highest BCUT2D eigenvalue weighted by Crippen LogP contribution is 2.39. The van der Waals surface area contributed by atoms with Gasteiger partial charge in [0.05, 0.1) is 9.26 Å². The number of aryl methyl sites for hydroxylation is 1. The van der Waals surface area contributed by atoms with Crippen LogP contribution in [0.25, 0.3) is 0 Å². The average molecular weight is 276 g/mol. The summed E-state index contributed by atoms with van der Waals surface area (Å²) in [5.74, 6) is 1.28. The molecule has 0 unspecified atom stereocenters. The summed E-state index contributed by atoms with van der Waals surface area (Å²) in [7, 11) is 0. The standard InChI is InChI=1S/C8H9IN2O/c1-4-10-7(5-2-3-5)6(9)8(12)11-4/h5H,2-3H2,1H3,(H,10,11,12). The largest absolute Gasteiger partial charge is 0.310 e. The number of nitrogens with zero attached hydrogens (tertiary/aromatic N) is 1. The molecule has 64 valence electrons. The van der Waals surface area contributed by atoms with E-state index in [0.29, 0.717) is 5.92 Å². The second kappa shape index (κ2) is 2.83. The van der Waals surface area contributed by atoms with Gasteiger partial charge in [-0.3, -0.25) is 4.79 Å². The van der Waals surface area contributed by atoms with Gasteiger partial charge in [-0.05, 0) is 42.4 Å². The van der Waals surface area contributed by atoms with Gasteiger partial charge in [-0.2, -0.15) is 0 Å². The van der Waals surface area contributed by atoms with E-state index in [1.54, 1.807) is 0 Å². The fourth-order valence-electron chi connectivity index (χ4n) is 1.22. The molecule has 4 heteroatoms. The summed E-state index contributed by atoms with van der Waals surface area (Å²) in [5, 5.41) is 0. The number of rotatable bonds is 1. The van der Waals surface area contributed by atoms with Gasteiger partial charge in [0.25, 0.3) is 5.56 Å². The summed E-state index contributed by atoms with van der Waals surface area (Å²) in [6.45, 7) is 1.82. The van der Waals surface area contributed by atoms with E-state index in [1.165, 1.54) is 12.8 Å². The van der Waals surface area contributed by atoms with E-state index in [9.17, 15) is 4.79 Å². The Hall–Kier alpha value is -0.390. The molecule has 3 nitrogen and oxygen atoms in total. The first kappa shape index (κ1) is 8.22. The molecule has 1 fully saturated rings. The maximum absolute atomic E-state index is 11.3. The van der Waals surface area contributed by atoms with E-state index in [-0.39, 0.29) is 5.56 Å². The minimum atomic E-state index is 0.00463. The normalized spacial score (nSPS) is 16.5. The van der Waals surface area contributed by atoms with Gasteiger partial charge in [0.2, 0.25) is 0 Å². The van der Waals surface area contributed by atoms with Crippen molar-refractivity contribution in [3.05, 3.63) is 25.4 Å². The summed E-state index contributed by atoms with van der Waals surface area (Å²) >= 11 is 2.07. The lowest BCUT2D eigenvalue weighted by atomic mass is 10.3. The van der Waals surface area contributed by atoms with Crippen LogP contribution in [0.5, 0.6) is 0 Å². The molecule has 0 radical (unpaired) electrons. The first-order valence-corrected chi connectivity index (χ1v) is 5.02. The number of hydrogen-bond donors (Lipinski definition) is 1. The van der Waals surface area contributed by atoms with E-state index < -0.39 is 0 Å². The summed E-state index contributed by atoms with van der Waals surface area (Å²) < 4.78 is 0.765. The summed E-state index contributed by atoms with van der Waals surface area (Å²) in [4.78, 5) is 18.3.